The molecule has 2 rings (SSSR count). The van der Waals surface area contributed by atoms with E-state index >= 15 is 0 Å². The van der Waals surface area contributed by atoms with Gasteiger partial charge >= 0.3 is 0 Å². The van der Waals surface area contributed by atoms with Crippen LogP contribution in [-0.2, 0) is 9.47 Å². The summed E-state index contributed by atoms with van der Waals surface area (Å²) in [5.41, 5.74) is 0. The average Bonchev–Trinajstić information content (AvgIpc) is 2.86. The standard InChI is InChI=1S/C12H23NO2/c1-10(13-11-4-2-3-5-11)8-15-12-6-7-14-9-12/h10-13H,2-9H2,1H3. The number of hydrogen-bond donors (Lipinski definition) is 1. The van der Waals surface area contributed by atoms with Gasteiger partial charge in [-0.2, -0.15) is 0 Å². The molecule has 0 spiro atoms. The maximum atomic E-state index is 5.79. The number of hydrogen-bond acceptors (Lipinski definition) is 3. The fourth-order valence-electron chi connectivity index (χ4n) is 2.47. The minimum atomic E-state index is 0.345. The average molecular weight is 213 g/mol. The van der Waals surface area contributed by atoms with Crippen LogP contribution in [0.5, 0.6) is 0 Å². The van der Waals surface area contributed by atoms with Crippen LogP contribution < -0.4 is 5.32 Å². The lowest BCUT2D eigenvalue weighted by Gasteiger charge is -2.20. The van der Waals surface area contributed by atoms with E-state index in [1.54, 1.807) is 0 Å². The van der Waals surface area contributed by atoms with Gasteiger partial charge in [-0.25, -0.2) is 0 Å². The first kappa shape index (κ1) is 11.4. The molecular formula is C12H23NO2. The van der Waals surface area contributed by atoms with E-state index in [9.17, 15) is 0 Å². The molecule has 0 aromatic carbocycles. The zero-order chi connectivity index (χ0) is 10.5. The third-order valence-corrected chi connectivity index (χ3v) is 3.35. The van der Waals surface area contributed by atoms with Gasteiger partial charge in [0.05, 0.1) is 19.3 Å². The molecule has 1 heterocycles. The Morgan fingerprint density at radius 1 is 1.33 bits per heavy atom. The van der Waals surface area contributed by atoms with Crippen molar-refractivity contribution < 1.29 is 9.47 Å². The van der Waals surface area contributed by atoms with E-state index in [1.807, 2.05) is 0 Å². The van der Waals surface area contributed by atoms with Crippen LogP contribution in [-0.4, -0.2) is 38.0 Å². The molecule has 1 saturated heterocycles. The molecule has 0 bridgehead atoms. The molecule has 1 saturated carbocycles. The first-order chi connectivity index (χ1) is 7.34. The maximum absolute atomic E-state index is 5.79. The van der Waals surface area contributed by atoms with E-state index in [1.165, 1.54) is 25.7 Å². The first-order valence-corrected chi connectivity index (χ1v) is 6.30. The fraction of sp³-hybridized carbons (Fsp3) is 1.00. The zero-order valence-corrected chi connectivity index (χ0v) is 9.71. The molecule has 1 N–H and O–H groups in total. The second kappa shape index (κ2) is 5.83. The summed E-state index contributed by atoms with van der Waals surface area (Å²) in [7, 11) is 0. The zero-order valence-electron chi connectivity index (χ0n) is 9.71. The van der Waals surface area contributed by atoms with Crippen molar-refractivity contribution in [2.75, 3.05) is 19.8 Å². The van der Waals surface area contributed by atoms with Crippen molar-refractivity contribution in [1.29, 1.82) is 0 Å². The highest BCUT2D eigenvalue weighted by atomic mass is 16.5. The van der Waals surface area contributed by atoms with Gasteiger partial charge in [-0.15, -0.1) is 0 Å². The minimum Gasteiger partial charge on any atom is -0.379 e. The molecule has 3 heteroatoms. The van der Waals surface area contributed by atoms with Gasteiger partial charge in [0.25, 0.3) is 0 Å². The van der Waals surface area contributed by atoms with Gasteiger partial charge in [0.2, 0.25) is 0 Å². The Kier molecular flexibility index (Phi) is 4.42. The highest BCUT2D eigenvalue weighted by Gasteiger charge is 2.19. The third-order valence-electron chi connectivity index (χ3n) is 3.35. The summed E-state index contributed by atoms with van der Waals surface area (Å²) in [5, 5.41) is 3.64. The van der Waals surface area contributed by atoms with Crippen LogP contribution in [0.15, 0.2) is 0 Å². The van der Waals surface area contributed by atoms with Crippen molar-refractivity contribution in [3.8, 4) is 0 Å². The van der Waals surface area contributed by atoms with E-state index in [2.05, 4.69) is 12.2 Å². The summed E-state index contributed by atoms with van der Waals surface area (Å²) in [4.78, 5) is 0. The fourth-order valence-corrected chi connectivity index (χ4v) is 2.47. The van der Waals surface area contributed by atoms with E-state index in [4.69, 9.17) is 9.47 Å². The number of nitrogens with one attached hydrogen (secondary N) is 1. The van der Waals surface area contributed by atoms with Gasteiger partial charge < -0.3 is 14.8 Å². The largest absolute Gasteiger partial charge is 0.379 e. The van der Waals surface area contributed by atoms with Crippen molar-refractivity contribution in [2.45, 2.75) is 57.2 Å². The second-order valence-corrected chi connectivity index (χ2v) is 4.87. The monoisotopic (exact) mass is 213 g/mol. The quantitative estimate of drug-likeness (QED) is 0.754. The molecule has 0 aromatic rings. The van der Waals surface area contributed by atoms with Crippen molar-refractivity contribution in [1.82, 2.24) is 5.32 Å². The lowest BCUT2D eigenvalue weighted by Crippen LogP contribution is -2.38. The SMILES string of the molecule is CC(COC1CCOC1)NC1CCCC1. The predicted octanol–water partition coefficient (Wildman–Crippen LogP) is 1.71. The molecule has 0 radical (unpaired) electrons. The third kappa shape index (κ3) is 3.74. The van der Waals surface area contributed by atoms with Crippen LogP contribution >= 0.6 is 0 Å². The highest BCUT2D eigenvalue weighted by Crippen LogP contribution is 2.18. The Morgan fingerprint density at radius 3 is 2.80 bits per heavy atom. The molecular weight excluding hydrogens is 190 g/mol. The maximum Gasteiger partial charge on any atom is 0.0831 e. The van der Waals surface area contributed by atoms with Crippen LogP contribution in [0, 0.1) is 0 Å². The van der Waals surface area contributed by atoms with Crippen LogP contribution in [0.1, 0.15) is 39.0 Å². The summed E-state index contributed by atoms with van der Waals surface area (Å²) < 4.78 is 11.1. The molecule has 88 valence electrons. The van der Waals surface area contributed by atoms with Crippen LogP contribution in [0.25, 0.3) is 0 Å². The summed E-state index contributed by atoms with van der Waals surface area (Å²) >= 11 is 0. The second-order valence-electron chi connectivity index (χ2n) is 4.87. The minimum absolute atomic E-state index is 0.345. The number of rotatable bonds is 5. The molecule has 2 atom stereocenters. The lowest BCUT2D eigenvalue weighted by atomic mass is 10.2. The summed E-state index contributed by atoms with van der Waals surface area (Å²) in [6, 6.07) is 1.22. The Hall–Kier alpha value is -0.120. The Balaban J connectivity index is 1.57. The summed E-state index contributed by atoms with van der Waals surface area (Å²) in [6.07, 6.45) is 6.88. The van der Waals surface area contributed by atoms with Gasteiger partial charge in [0.1, 0.15) is 0 Å². The molecule has 3 nitrogen and oxygen atoms in total. The van der Waals surface area contributed by atoms with Gasteiger partial charge in [-0.1, -0.05) is 12.8 Å². The lowest BCUT2D eigenvalue weighted by molar-refractivity contribution is 0.0309. The molecule has 15 heavy (non-hydrogen) atoms. The van der Waals surface area contributed by atoms with E-state index in [0.717, 1.165) is 32.3 Å². The van der Waals surface area contributed by atoms with Crippen LogP contribution in [0.4, 0.5) is 0 Å². The van der Waals surface area contributed by atoms with E-state index in [0.29, 0.717) is 12.1 Å². The summed E-state index contributed by atoms with van der Waals surface area (Å²) in [6.45, 7) is 4.70. The van der Waals surface area contributed by atoms with Gasteiger partial charge in [0.15, 0.2) is 0 Å². The van der Waals surface area contributed by atoms with Gasteiger partial charge in [-0.3, -0.25) is 0 Å². The molecule has 1 aliphatic heterocycles. The Morgan fingerprint density at radius 2 is 2.13 bits per heavy atom. The van der Waals surface area contributed by atoms with Crippen LogP contribution in [0.3, 0.4) is 0 Å². The highest BCUT2D eigenvalue weighted by molar-refractivity contribution is 4.77. The first-order valence-electron chi connectivity index (χ1n) is 6.30. The van der Waals surface area contributed by atoms with Gasteiger partial charge in [0, 0.05) is 18.7 Å². The van der Waals surface area contributed by atoms with Crippen molar-refractivity contribution in [3.05, 3.63) is 0 Å². The summed E-state index contributed by atoms with van der Waals surface area (Å²) in [5.74, 6) is 0. The molecule has 0 aromatic heterocycles. The van der Waals surface area contributed by atoms with Crippen LogP contribution in [0.2, 0.25) is 0 Å². The normalized spacial score (nSPS) is 29.8. The van der Waals surface area contributed by atoms with E-state index in [-0.39, 0.29) is 0 Å². The van der Waals surface area contributed by atoms with Crippen molar-refractivity contribution >= 4 is 0 Å². The number of ether oxygens (including phenoxy) is 2. The van der Waals surface area contributed by atoms with Crippen molar-refractivity contribution in [2.24, 2.45) is 0 Å². The molecule has 2 unspecified atom stereocenters. The van der Waals surface area contributed by atoms with Gasteiger partial charge in [-0.05, 0) is 26.2 Å². The Bertz CT molecular complexity index is 174. The topological polar surface area (TPSA) is 30.5 Å². The predicted molar refractivity (Wildman–Crippen MR) is 60.0 cm³/mol. The Labute approximate surface area is 92.5 Å². The van der Waals surface area contributed by atoms with Crippen molar-refractivity contribution in [3.63, 3.8) is 0 Å². The molecule has 2 aliphatic rings. The molecule has 0 amide bonds. The molecule has 2 fully saturated rings. The molecule has 1 aliphatic carbocycles. The smallest absolute Gasteiger partial charge is 0.0831 e. The van der Waals surface area contributed by atoms with E-state index < -0.39 is 0 Å².